The molecule has 2 N–H and O–H groups in total. The lowest BCUT2D eigenvalue weighted by atomic mass is 10.1. The van der Waals surface area contributed by atoms with Gasteiger partial charge in [0.25, 0.3) is 11.8 Å². The van der Waals surface area contributed by atoms with Gasteiger partial charge in [-0.2, -0.15) is 0 Å². The third kappa shape index (κ3) is 4.26. The summed E-state index contributed by atoms with van der Waals surface area (Å²) in [7, 11) is 0. The third-order valence-electron chi connectivity index (χ3n) is 4.74. The first-order valence-electron chi connectivity index (χ1n) is 9.07. The molecule has 3 aromatic rings. The maximum atomic E-state index is 12.6. The van der Waals surface area contributed by atoms with E-state index in [0.717, 1.165) is 33.6 Å². The first-order valence-corrected chi connectivity index (χ1v) is 9.07. The average Bonchev–Trinajstić information content (AvgIpc) is 2.67. The van der Waals surface area contributed by atoms with Gasteiger partial charge in [0.2, 0.25) is 0 Å². The highest BCUT2D eigenvalue weighted by atomic mass is 16.2. The van der Waals surface area contributed by atoms with Crippen LogP contribution in [-0.4, -0.2) is 16.8 Å². The highest BCUT2D eigenvalue weighted by molar-refractivity contribution is 6.08. The minimum atomic E-state index is -0.352. The van der Waals surface area contributed by atoms with E-state index >= 15 is 0 Å². The molecule has 2 amide bonds. The second-order valence-electron chi connectivity index (χ2n) is 6.90. The van der Waals surface area contributed by atoms with Crippen LogP contribution in [0.15, 0.2) is 54.7 Å². The molecule has 3 rings (SSSR count). The van der Waals surface area contributed by atoms with Crippen molar-refractivity contribution in [3.8, 4) is 0 Å². The van der Waals surface area contributed by atoms with E-state index in [4.69, 9.17) is 0 Å². The molecule has 28 heavy (non-hydrogen) atoms. The van der Waals surface area contributed by atoms with Crippen molar-refractivity contribution in [1.82, 2.24) is 4.98 Å². The van der Waals surface area contributed by atoms with Crippen LogP contribution in [0.1, 0.15) is 43.1 Å². The number of anilines is 2. The number of aromatic nitrogens is 1. The quantitative estimate of drug-likeness (QED) is 0.689. The molecule has 0 aliphatic rings. The Hall–Kier alpha value is -3.47. The molecule has 0 aliphatic heterocycles. The number of carbonyl (C=O) groups is 2. The normalized spacial score (nSPS) is 10.4. The smallest absolute Gasteiger partial charge is 0.274 e. The topological polar surface area (TPSA) is 71.1 Å². The molecule has 2 aromatic carbocycles. The van der Waals surface area contributed by atoms with Crippen molar-refractivity contribution in [2.45, 2.75) is 27.7 Å². The van der Waals surface area contributed by atoms with Crippen LogP contribution < -0.4 is 10.6 Å². The molecule has 1 aromatic heterocycles. The minimum absolute atomic E-state index is 0.189. The van der Waals surface area contributed by atoms with Gasteiger partial charge in [-0.3, -0.25) is 14.6 Å². The molecule has 0 bridgehead atoms. The van der Waals surface area contributed by atoms with Crippen molar-refractivity contribution in [3.63, 3.8) is 0 Å². The predicted octanol–water partition coefficient (Wildman–Crippen LogP) is 4.82. The Balaban J connectivity index is 1.78. The molecule has 0 radical (unpaired) electrons. The standard InChI is InChI=1S/C23H23N3O2/c1-14-8-9-19(16(3)12-14)25-22(27)18-10-11-24-21(13-18)23(28)26-20-7-5-6-15(2)17(20)4/h5-13H,1-4H3,(H,25,27)(H,26,28). The Morgan fingerprint density at radius 2 is 1.54 bits per heavy atom. The number of nitrogens with one attached hydrogen (secondary N) is 2. The number of nitrogens with zero attached hydrogens (tertiary/aromatic N) is 1. The van der Waals surface area contributed by atoms with Gasteiger partial charge in [-0.1, -0.05) is 29.8 Å². The number of hydrogen-bond donors (Lipinski definition) is 2. The zero-order chi connectivity index (χ0) is 20.3. The van der Waals surface area contributed by atoms with E-state index in [-0.39, 0.29) is 17.5 Å². The number of benzene rings is 2. The van der Waals surface area contributed by atoms with E-state index in [9.17, 15) is 9.59 Å². The fourth-order valence-corrected chi connectivity index (χ4v) is 2.92. The zero-order valence-electron chi connectivity index (χ0n) is 16.5. The zero-order valence-corrected chi connectivity index (χ0v) is 16.5. The van der Waals surface area contributed by atoms with Crippen molar-refractivity contribution in [2.75, 3.05) is 10.6 Å². The van der Waals surface area contributed by atoms with Crippen LogP contribution in [-0.2, 0) is 0 Å². The molecule has 1 heterocycles. The van der Waals surface area contributed by atoms with E-state index in [2.05, 4.69) is 15.6 Å². The molecule has 0 aliphatic carbocycles. The fraction of sp³-hybridized carbons (Fsp3) is 0.174. The molecular weight excluding hydrogens is 350 g/mol. The number of rotatable bonds is 4. The average molecular weight is 373 g/mol. The lowest BCUT2D eigenvalue weighted by Crippen LogP contribution is -2.17. The second kappa shape index (κ2) is 8.05. The third-order valence-corrected chi connectivity index (χ3v) is 4.74. The van der Waals surface area contributed by atoms with Crippen molar-refractivity contribution < 1.29 is 9.59 Å². The van der Waals surface area contributed by atoms with E-state index < -0.39 is 0 Å². The van der Waals surface area contributed by atoms with Gasteiger partial charge in [0, 0.05) is 23.1 Å². The summed E-state index contributed by atoms with van der Waals surface area (Å²) < 4.78 is 0. The van der Waals surface area contributed by atoms with E-state index in [1.165, 1.54) is 12.3 Å². The highest BCUT2D eigenvalue weighted by Gasteiger charge is 2.14. The summed E-state index contributed by atoms with van der Waals surface area (Å²) in [6.07, 6.45) is 1.47. The van der Waals surface area contributed by atoms with Crippen LogP contribution in [0.4, 0.5) is 11.4 Å². The van der Waals surface area contributed by atoms with Gasteiger partial charge in [0.05, 0.1) is 0 Å². The van der Waals surface area contributed by atoms with Gasteiger partial charge in [-0.15, -0.1) is 0 Å². The maximum Gasteiger partial charge on any atom is 0.274 e. The van der Waals surface area contributed by atoms with E-state index in [1.807, 2.05) is 64.1 Å². The summed E-state index contributed by atoms with van der Waals surface area (Å²) in [6, 6.07) is 14.6. The lowest BCUT2D eigenvalue weighted by molar-refractivity contribution is 0.102. The van der Waals surface area contributed by atoms with Gasteiger partial charge >= 0.3 is 0 Å². The van der Waals surface area contributed by atoms with E-state index in [0.29, 0.717) is 5.56 Å². The Kier molecular flexibility index (Phi) is 5.54. The molecule has 0 fully saturated rings. The Labute approximate surface area is 164 Å². The lowest BCUT2D eigenvalue weighted by Gasteiger charge is -2.11. The molecule has 0 unspecified atom stereocenters. The molecule has 0 saturated carbocycles. The number of carbonyl (C=O) groups excluding carboxylic acids is 2. The van der Waals surface area contributed by atoms with Crippen LogP contribution >= 0.6 is 0 Å². The largest absolute Gasteiger partial charge is 0.322 e. The van der Waals surface area contributed by atoms with Crippen LogP contribution in [0, 0.1) is 27.7 Å². The first kappa shape index (κ1) is 19.3. The maximum absolute atomic E-state index is 12.6. The van der Waals surface area contributed by atoms with Crippen molar-refractivity contribution in [2.24, 2.45) is 0 Å². The molecule has 5 heteroatoms. The monoisotopic (exact) mass is 373 g/mol. The van der Waals surface area contributed by atoms with Gasteiger partial charge in [-0.05, 0) is 68.7 Å². The molecular formula is C23H23N3O2. The molecule has 0 atom stereocenters. The number of aryl methyl sites for hydroxylation is 3. The summed E-state index contributed by atoms with van der Waals surface area (Å²) in [5.74, 6) is -0.634. The molecule has 0 saturated heterocycles. The Morgan fingerprint density at radius 3 is 2.29 bits per heavy atom. The number of amides is 2. The van der Waals surface area contributed by atoms with Gasteiger partial charge < -0.3 is 10.6 Å². The van der Waals surface area contributed by atoms with Crippen molar-refractivity contribution >= 4 is 23.2 Å². The van der Waals surface area contributed by atoms with Crippen molar-refractivity contribution in [3.05, 3.63) is 88.2 Å². The summed E-state index contributed by atoms with van der Waals surface area (Å²) in [5.41, 5.74) is 6.24. The van der Waals surface area contributed by atoms with Crippen LogP contribution in [0.2, 0.25) is 0 Å². The molecule has 0 spiro atoms. The Morgan fingerprint density at radius 1 is 0.786 bits per heavy atom. The molecule has 142 valence electrons. The second-order valence-corrected chi connectivity index (χ2v) is 6.90. The first-order chi connectivity index (χ1) is 13.3. The number of pyridine rings is 1. The van der Waals surface area contributed by atoms with Gasteiger partial charge in [0.1, 0.15) is 5.69 Å². The molecule has 5 nitrogen and oxygen atoms in total. The van der Waals surface area contributed by atoms with Crippen LogP contribution in [0.3, 0.4) is 0 Å². The van der Waals surface area contributed by atoms with Crippen LogP contribution in [0.25, 0.3) is 0 Å². The fourth-order valence-electron chi connectivity index (χ4n) is 2.92. The summed E-state index contributed by atoms with van der Waals surface area (Å²) in [5, 5.41) is 5.75. The van der Waals surface area contributed by atoms with Crippen LogP contribution in [0.5, 0.6) is 0 Å². The summed E-state index contributed by atoms with van der Waals surface area (Å²) in [4.78, 5) is 29.3. The van der Waals surface area contributed by atoms with Gasteiger partial charge in [0.15, 0.2) is 0 Å². The minimum Gasteiger partial charge on any atom is -0.322 e. The predicted molar refractivity (Wildman–Crippen MR) is 112 cm³/mol. The summed E-state index contributed by atoms with van der Waals surface area (Å²) >= 11 is 0. The van der Waals surface area contributed by atoms with Gasteiger partial charge in [-0.25, -0.2) is 0 Å². The number of hydrogen-bond acceptors (Lipinski definition) is 3. The Bertz CT molecular complexity index is 1060. The van der Waals surface area contributed by atoms with E-state index in [1.54, 1.807) is 6.07 Å². The summed E-state index contributed by atoms with van der Waals surface area (Å²) in [6.45, 7) is 7.88. The van der Waals surface area contributed by atoms with Crippen molar-refractivity contribution in [1.29, 1.82) is 0 Å². The SMILES string of the molecule is Cc1ccc(NC(=O)c2ccnc(C(=O)Nc3cccc(C)c3C)c2)c(C)c1. The highest BCUT2D eigenvalue weighted by Crippen LogP contribution is 2.20.